The lowest BCUT2D eigenvalue weighted by Crippen LogP contribution is -2.31. The summed E-state index contributed by atoms with van der Waals surface area (Å²) >= 11 is 1.76. The Bertz CT molecular complexity index is 1060. The Morgan fingerprint density at radius 1 is 0.967 bits per heavy atom. The number of aliphatic hydroxyl groups is 1. The van der Waals surface area contributed by atoms with Crippen molar-refractivity contribution in [1.82, 2.24) is 5.32 Å². The van der Waals surface area contributed by atoms with Crippen LogP contribution in [-0.4, -0.2) is 24.4 Å². The molecule has 0 bridgehead atoms. The van der Waals surface area contributed by atoms with Crippen LogP contribution in [0.3, 0.4) is 0 Å². The second-order valence-corrected chi connectivity index (χ2v) is 8.16. The van der Waals surface area contributed by atoms with Crippen LogP contribution in [0.15, 0.2) is 78.2 Å². The van der Waals surface area contributed by atoms with E-state index in [0.717, 1.165) is 12.3 Å². The monoisotopic (exact) mass is 423 g/mol. The van der Waals surface area contributed by atoms with Crippen LogP contribution in [-0.2, 0) is 6.54 Å². The molecule has 0 saturated carbocycles. The Labute approximate surface area is 180 Å². The zero-order chi connectivity index (χ0) is 20.1. The first-order chi connectivity index (χ1) is 14.2. The van der Waals surface area contributed by atoms with Crippen LogP contribution >= 0.6 is 11.3 Å². The van der Waals surface area contributed by atoms with Crippen LogP contribution in [0.1, 0.15) is 11.1 Å². The molecule has 0 aliphatic rings. The fourth-order valence-corrected chi connectivity index (χ4v) is 4.24. The summed E-state index contributed by atoms with van der Waals surface area (Å²) < 4.78 is 7.05. The number of rotatable bonds is 8. The highest BCUT2D eigenvalue weighted by Gasteiger charge is 2.08. The topological polar surface area (TPSA) is 41.5 Å². The number of halogens is 1. The number of hydrogen-bond acceptors (Lipinski definition) is 4. The van der Waals surface area contributed by atoms with Crippen LogP contribution in [0.4, 0.5) is 4.70 Å². The van der Waals surface area contributed by atoms with Gasteiger partial charge < -0.3 is 15.2 Å². The highest BCUT2D eigenvalue weighted by molar-refractivity contribution is 7.17. The molecule has 0 radical (unpaired) electrons. The minimum atomic E-state index is -0.555. The Morgan fingerprint density at radius 3 is 2.47 bits per heavy atom. The van der Waals surface area contributed by atoms with E-state index < -0.39 is 6.10 Å². The summed E-state index contributed by atoms with van der Waals surface area (Å²) in [6.45, 7) is 3.57. The molecule has 3 aromatic carbocycles. The number of benzene rings is 3. The molecule has 0 fully saturated rings. The zero-order valence-electron chi connectivity index (χ0n) is 16.9. The summed E-state index contributed by atoms with van der Waals surface area (Å²) in [4.78, 5) is 0. The normalized spacial score (nSPS) is 11.8. The molecule has 0 aliphatic carbocycles. The number of aryl methyl sites for hydroxylation is 1. The maximum atomic E-state index is 10.2. The summed E-state index contributed by atoms with van der Waals surface area (Å²) in [5.41, 5.74) is 4.88. The van der Waals surface area contributed by atoms with E-state index in [1.807, 2.05) is 12.1 Å². The van der Waals surface area contributed by atoms with Crippen LogP contribution in [0, 0.1) is 6.92 Å². The van der Waals surface area contributed by atoms with Gasteiger partial charge in [-0.05, 0) is 41.6 Å². The van der Waals surface area contributed by atoms with E-state index in [2.05, 4.69) is 78.3 Å². The predicted octanol–water partition coefficient (Wildman–Crippen LogP) is 5.56. The molecule has 0 unspecified atom stereocenters. The molecule has 0 saturated heterocycles. The third kappa shape index (κ3) is 5.45. The van der Waals surface area contributed by atoms with Crippen molar-refractivity contribution >= 4 is 21.4 Å². The van der Waals surface area contributed by atoms with E-state index >= 15 is 0 Å². The molecule has 30 heavy (non-hydrogen) atoms. The SMILES string of the molecule is Cc1ccc(CNC[C@@H](O)COc2ccc(-c3csc4ccccc34)cc2)cc1.F. The quantitative estimate of drug-likeness (QED) is 0.390. The van der Waals surface area contributed by atoms with Crippen LogP contribution in [0.5, 0.6) is 5.75 Å². The molecule has 1 atom stereocenters. The van der Waals surface area contributed by atoms with Crippen LogP contribution < -0.4 is 10.1 Å². The summed E-state index contributed by atoms with van der Waals surface area (Å²) in [5.74, 6) is 0.769. The number of thiophene rings is 1. The average Bonchev–Trinajstić information content (AvgIpc) is 3.18. The van der Waals surface area contributed by atoms with E-state index in [0.29, 0.717) is 6.54 Å². The van der Waals surface area contributed by atoms with E-state index in [-0.39, 0.29) is 11.3 Å². The Morgan fingerprint density at radius 2 is 1.70 bits per heavy atom. The third-order valence-electron chi connectivity index (χ3n) is 4.92. The molecule has 4 aromatic rings. The first-order valence-corrected chi connectivity index (χ1v) is 10.7. The van der Waals surface area contributed by atoms with Gasteiger partial charge in [0.1, 0.15) is 18.5 Å². The molecule has 3 nitrogen and oxygen atoms in total. The van der Waals surface area contributed by atoms with Gasteiger partial charge in [0.15, 0.2) is 0 Å². The molecule has 5 heteroatoms. The number of aliphatic hydroxyl groups excluding tert-OH is 1. The van der Waals surface area contributed by atoms with Gasteiger partial charge in [-0.15, -0.1) is 11.3 Å². The third-order valence-corrected chi connectivity index (χ3v) is 5.88. The Kier molecular flexibility index (Phi) is 7.57. The van der Waals surface area contributed by atoms with Gasteiger partial charge in [0.2, 0.25) is 0 Å². The van der Waals surface area contributed by atoms with Crippen molar-refractivity contribution in [3.8, 4) is 16.9 Å². The summed E-state index contributed by atoms with van der Waals surface area (Å²) in [6.07, 6.45) is -0.555. The van der Waals surface area contributed by atoms with Gasteiger partial charge in [-0.1, -0.05) is 60.2 Å². The summed E-state index contributed by atoms with van der Waals surface area (Å²) in [7, 11) is 0. The van der Waals surface area contributed by atoms with E-state index in [1.54, 1.807) is 11.3 Å². The maximum Gasteiger partial charge on any atom is 0.119 e. The van der Waals surface area contributed by atoms with Gasteiger partial charge >= 0.3 is 0 Å². The standard InChI is InChI=1S/C25H25NO2S.FH/c1-18-6-8-19(9-7-18)14-26-15-21(27)16-28-22-12-10-20(11-13-22)24-17-29-25-5-3-2-4-23(24)25;/h2-13,17,21,26-27H,14-16H2,1H3;1H/t21-;/m1./s1. The van der Waals surface area contributed by atoms with E-state index in [9.17, 15) is 5.11 Å². The predicted molar refractivity (Wildman–Crippen MR) is 124 cm³/mol. The highest BCUT2D eigenvalue weighted by atomic mass is 32.1. The second-order valence-electron chi connectivity index (χ2n) is 7.25. The van der Waals surface area contributed by atoms with E-state index in [4.69, 9.17) is 4.74 Å². The zero-order valence-corrected chi connectivity index (χ0v) is 17.7. The van der Waals surface area contributed by atoms with Crippen molar-refractivity contribution in [3.05, 3.63) is 89.3 Å². The molecule has 2 N–H and O–H groups in total. The second kappa shape index (κ2) is 10.3. The number of fused-ring (bicyclic) bond motifs is 1. The molecule has 1 heterocycles. The largest absolute Gasteiger partial charge is 0.491 e. The Hall–Kier alpha value is -2.73. The lowest BCUT2D eigenvalue weighted by Gasteiger charge is -2.14. The van der Waals surface area contributed by atoms with Crippen LogP contribution in [0.2, 0.25) is 0 Å². The fraction of sp³-hybridized carbons (Fsp3) is 0.200. The van der Waals surface area contributed by atoms with Gasteiger partial charge in [-0.2, -0.15) is 0 Å². The summed E-state index contributed by atoms with van der Waals surface area (Å²) in [6, 6.07) is 24.9. The van der Waals surface area contributed by atoms with Gasteiger partial charge in [0, 0.05) is 28.7 Å². The molecule has 0 amide bonds. The molecular formula is C25H26FNO2S. The number of ether oxygens (including phenoxy) is 1. The van der Waals surface area contributed by atoms with Crippen molar-refractivity contribution in [3.63, 3.8) is 0 Å². The lowest BCUT2D eigenvalue weighted by atomic mass is 10.0. The summed E-state index contributed by atoms with van der Waals surface area (Å²) in [5, 5.41) is 16.9. The molecule has 0 aliphatic heterocycles. The molecule has 156 valence electrons. The molecule has 1 aromatic heterocycles. The van der Waals surface area contributed by atoms with Gasteiger partial charge in [-0.3, -0.25) is 4.70 Å². The smallest absolute Gasteiger partial charge is 0.119 e. The Balaban J connectivity index is 0.00000256. The molecular weight excluding hydrogens is 397 g/mol. The van der Waals surface area contributed by atoms with Crippen LogP contribution in [0.25, 0.3) is 21.2 Å². The average molecular weight is 424 g/mol. The highest BCUT2D eigenvalue weighted by Crippen LogP contribution is 2.34. The van der Waals surface area contributed by atoms with Crippen molar-refractivity contribution in [2.24, 2.45) is 0 Å². The maximum absolute atomic E-state index is 10.2. The van der Waals surface area contributed by atoms with Crippen molar-refractivity contribution in [2.45, 2.75) is 19.6 Å². The fourth-order valence-electron chi connectivity index (χ4n) is 3.27. The number of nitrogens with one attached hydrogen (secondary N) is 1. The van der Waals surface area contributed by atoms with Gasteiger partial charge in [0.25, 0.3) is 0 Å². The first-order valence-electron chi connectivity index (χ1n) is 9.83. The van der Waals surface area contributed by atoms with Gasteiger partial charge in [0.05, 0.1) is 0 Å². The van der Waals surface area contributed by atoms with Crippen molar-refractivity contribution in [2.75, 3.05) is 13.2 Å². The van der Waals surface area contributed by atoms with Gasteiger partial charge in [-0.25, -0.2) is 0 Å². The van der Waals surface area contributed by atoms with Crippen molar-refractivity contribution < 1.29 is 14.5 Å². The first kappa shape index (κ1) is 22.0. The minimum Gasteiger partial charge on any atom is -0.491 e. The molecule has 0 spiro atoms. The number of hydrogen-bond donors (Lipinski definition) is 2. The minimum absolute atomic E-state index is 0. The van der Waals surface area contributed by atoms with E-state index in [1.165, 1.54) is 32.3 Å². The van der Waals surface area contributed by atoms with Crippen molar-refractivity contribution in [1.29, 1.82) is 0 Å². The lowest BCUT2D eigenvalue weighted by molar-refractivity contribution is 0.106. The molecule has 4 rings (SSSR count).